The molecule has 12 nitrogen and oxygen atoms in total. The molecular formula is C42H45ClF3N7O5S. The summed E-state index contributed by atoms with van der Waals surface area (Å²) in [6.07, 6.45) is -1.78. The number of pyridine rings is 1. The maximum atomic E-state index is 13.7. The maximum Gasteiger partial charge on any atom is 0.419 e. The lowest BCUT2D eigenvalue weighted by Gasteiger charge is -2.37. The molecule has 1 aromatic heterocycles. The minimum Gasteiger partial charge on any atom is -0.492 e. The average molecular weight is 852 g/mol. The van der Waals surface area contributed by atoms with Crippen LogP contribution in [0.25, 0.3) is 0 Å². The van der Waals surface area contributed by atoms with Crippen molar-refractivity contribution in [1.29, 1.82) is 5.26 Å². The molecule has 3 aliphatic rings. The Bertz CT molecular complexity index is 2210. The molecule has 3 saturated heterocycles. The highest BCUT2D eigenvalue weighted by atomic mass is 35.5. The van der Waals surface area contributed by atoms with E-state index in [1.165, 1.54) is 6.07 Å². The number of aromatic nitrogens is 1. The number of piperidine rings is 1. The molecule has 59 heavy (non-hydrogen) atoms. The van der Waals surface area contributed by atoms with Gasteiger partial charge in [-0.15, -0.1) is 0 Å². The van der Waals surface area contributed by atoms with Crippen molar-refractivity contribution in [3.63, 3.8) is 0 Å². The number of nitrogens with one attached hydrogen (secondary N) is 1. The largest absolute Gasteiger partial charge is 0.492 e. The van der Waals surface area contributed by atoms with Crippen LogP contribution in [0.15, 0.2) is 48.7 Å². The number of carbonyl (C=O) groups excluding carboxylic acids is 4. The van der Waals surface area contributed by atoms with Crippen LogP contribution in [0.5, 0.6) is 5.75 Å². The standard InChI is InChI=1S/C42H45ClF3N7O5S/c1-5-28-21-31(53-40(59)52(39(57)41(53,3)4)32-22-33(42(44,45)46)34(23-47)48-24-32)7-8-36(28)58-15-14-50-10-12-51(13-11-50)25(2)35(54)20-27-16-26(18-30(43)19-27)17-29-6-9-37(55)49-38(29)56/h7-8,16,18-19,21-22,24-25,29H,5-6,9-15,17,20H2,1-4H3,(H,49,55,56)/t25-,29?/m1/s1. The zero-order valence-electron chi connectivity index (χ0n) is 33.2. The molecule has 3 fully saturated rings. The number of carbonyl (C=O) groups is 4. The normalized spacial score (nSPS) is 19.5. The van der Waals surface area contributed by atoms with Crippen molar-refractivity contribution < 1.29 is 37.1 Å². The first-order valence-electron chi connectivity index (χ1n) is 19.4. The van der Waals surface area contributed by atoms with Gasteiger partial charge >= 0.3 is 6.18 Å². The Balaban J connectivity index is 1.02. The fraction of sp³-hybridized carbons (Fsp3) is 0.452. The highest BCUT2D eigenvalue weighted by Gasteiger charge is 2.51. The Morgan fingerprint density at radius 2 is 1.80 bits per heavy atom. The third-order valence-electron chi connectivity index (χ3n) is 11.2. The predicted molar refractivity (Wildman–Crippen MR) is 219 cm³/mol. The minimum atomic E-state index is -4.86. The second kappa shape index (κ2) is 17.7. The Kier molecular flexibility index (Phi) is 13.1. The van der Waals surface area contributed by atoms with Crippen LogP contribution in [0.1, 0.15) is 68.5 Å². The number of alkyl halides is 3. The molecule has 6 rings (SSSR count). The van der Waals surface area contributed by atoms with Crippen molar-refractivity contribution >= 4 is 63.8 Å². The third kappa shape index (κ3) is 9.59. The fourth-order valence-corrected chi connectivity index (χ4v) is 8.63. The number of amides is 3. The number of piperazine rings is 1. The molecule has 0 saturated carbocycles. The summed E-state index contributed by atoms with van der Waals surface area (Å²) in [5.41, 5.74) is -0.415. The zero-order chi connectivity index (χ0) is 42.8. The Labute approximate surface area is 351 Å². The van der Waals surface area contributed by atoms with Gasteiger partial charge < -0.3 is 9.64 Å². The molecule has 0 radical (unpaired) electrons. The topological polar surface area (TPSA) is 139 Å². The van der Waals surface area contributed by atoms with E-state index in [0.29, 0.717) is 68.4 Å². The van der Waals surface area contributed by atoms with Gasteiger partial charge in [-0.3, -0.25) is 39.2 Å². The van der Waals surface area contributed by atoms with Crippen LogP contribution in [0.2, 0.25) is 5.02 Å². The minimum absolute atomic E-state index is 0.0221. The van der Waals surface area contributed by atoms with Crippen molar-refractivity contribution in [3.05, 3.63) is 81.6 Å². The number of rotatable bonds is 13. The van der Waals surface area contributed by atoms with Crippen LogP contribution in [-0.2, 0) is 44.6 Å². The molecule has 2 aromatic carbocycles. The second-order valence-electron chi connectivity index (χ2n) is 15.5. The number of ketones is 1. The van der Waals surface area contributed by atoms with Gasteiger partial charge in [-0.25, -0.2) is 4.98 Å². The van der Waals surface area contributed by atoms with Gasteiger partial charge in [0.25, 0.3) is 5.91 Å². The van der Waals surface area contributed by atoms with Gasteiger partial charge in [0.15, 0.2) is 16.6 Å². The highest BCUT2D eigenvalue weighted by Crippen LogP contribution is 2.40. The molecule has 3 amide bonds. The molecule has 0 bridgehead atoms. The van der Waals surface area contributed by atoms with E-state index in [1.54, 1.807) is 43.0 Å². The van der Waals surface area contributed by atoms with Crippen LogP contribution in [-0.4, -0.2) is 94.3 Å². The molecule has 2 atom stereocenters. The van der Waals surface area contributed by atoms with Gasteiger partial charge in [-0.2, -0.15) is 18.4 Å². The third-order valence-corrected chi connectivity index (χ3v) is 11.8. The van der Waals surface area contributed by atoms with Gasteiger partial charge in [0.2, 0.25) is 11.8 Å². The highest BCUT2D eigenvalue weighted by molar-refractivity contribution is 7.81. The van der Waals surface area contributed by atoms with Crippen molar-refractivity contribution in [1.82, 2.24) is 20.1 Å². The Morgan fingerprint density at radius 1 is 1.08 bits per heavy atom. The van der Waals surface area contributed by atoms with Crippen LogP contribution in [0.3, 0.4) is 0 Å². The number of hydrogen-bond acceptors (Lipinski definition) is 10. The van der Waals surface area contributed by atoms with E-state index in [1.807, 2.05) is 26.0 Å². The molecule has 0 spiro atoms. The molecule has 4 heterocycles. The summed E-state index contributed by atoms with van der Waals surface area (Å²) in [4.78, 5) is 61.6. The first-order valence-corrected chi connectivity index (χ1v) is 20.2. The molecule has 0 aliphatic carbocycles. The van der Waals surface area contributed by atoms with Crippen LogP contribution >= 0.6 is 23.8 Å². The SMILES string of the molecule is CCc1cc(N2C(=S)N(c3cnc(C#N)c(C(F)(F)F)c3)C(=O)C2(C)C)ccc1OCCN1CCN([C@H](C)C(=O)Cc2cc(Cl)cc(CC3CCC(=O)NC3=O)c2)CC1. The fourth-order valence-electron chi connectivity index (χ4n) is 7.83. The summed E-state index contributed by atoms with van der Waals surface area (Å²) in [5.74, 6) is -0.665. The summed E-state index contributed by atoms with van der Waals surface area (Å²) in [6.45, 7) is 11.1. The van der Waals surface area contributed by atoms with Crippen LogP contribution in [0.4, 0.5) is 24.5 Å². The number of benzene rings is 2. The van der Waals surface area contributed by atoms with Gasteiger partial charge in [-0.05, 0) is 105 Å². The molecular weight excluding hydrogens is 807 g/mol. The number of imide groups is 1. The quantitative estimate of drug-likeness (QED) is 0.163. The lowest BCUT2D eigenvalue weighted by molar-refractivity contribution is -0.138. The van der Waals surface area contributed by atoms with E-state index in [4.69, 9.17) is 28.6 Å². The molecule has 1 unspecified atom stereocenters. The van der Waals surface area contributed by atoms with Crippen LogP contribution < -0.4 is 19.9 Å². The lowest BCUT2D eigenvalue weighted by Crippen LogP contribution is -2.52. The smallest absolute Gasteiger partial charge is 0.419 e. The van der Waals surface area contributed by atoms with Gasteiger partial charge in [0, 0.05) is 62.2 Å². The lowest BCUT2D eigenvalue weighted by atomic mass is 9.90. The first-order chi connectivity index (χ1) is 27.9. The van der Waals surface area contributed by atoms with Crippen molar-refractivity contribution in [2.45, 2.75) is 77.6 Å². The Morgan fingerprint density at radius 3 is 2.46 bits per heavy atom. The molecule has 17 heteroatoms. The number of thiocarbonyl (C=S) groups is 1. The summed E-state index contributed by atoms with van der Waals surface area (Å²) >= 11 is 12.1. The molecule has 3 aliphatic heterocycles. The first kappa shape index (κ1) is 43.6. The van der Waals surface area contributed by atoms with Gasteiger partial charge in [0.1, 0.15) is 24.0 Å². The summed E-state index contributed by atoms with van der Waals surface area (Å²) in [7, 11) is 0. The predicted octanol–water partition coefficient (Wildman–Crippen LogP) is 5.90. The van der Waals surface area contributed by atoms with E-state index in [9.17, 15) is 37.6 Å². The van der Waals surface area contributed by atoms with Gasteiger partial charge in [-0.1, -0.05) is 24.6 Å². The number of ether oxygens (including phenoxy) is 1. The number of halogens is 4. The molecule has 312 valence electrons. The average Bonchev–Trinajstić information content (AvgIpc) is 3.36. The number of nitriles is 1. The number of aryl methyl sites for hydroxylation is 1. The van der Waals surface area contributed by atoms with E-state index in [2.05, 4.69) is 20.1 Å². The maximum absolute atomic E-state index is 13.7. The van der Waals surface area contributed by atoms with Crippen LogP contribution in [0, 0.1) is 17.2 Å². The second-order valence-corrected chi connectivity index (χ2v) is 16.3. The molecule has 3 aromatic rings. The monoisotopic (exact) mass is 851 g/mol. The van der Waals surface area contributed by atoms with Crippen molar-refractivity contribution in [3.8, 4) is 11.8 Å². The number of hydrogen-bond donors (Lipinski definition) is 1. The summed E-state index contributed by atoms with van der Waals surface area (Å²) in [5, 5.41) is 12.0. The number of nitrogens with zero attached hydrogens (tertiary/aromatic N) is 6. The summed E-state index contributed by atoms with van der Waals surface area (Å²) in [6, 6.07) is 12.8. The number of anilines is 2. The van der Waals surface area contributed by atoms with Crippen molar-refractivity contribution in [2.24, 2.45) is 5.92 Å². The van der Waals surface area contributed by atoms with E-state index in [0.717, 1.165) is 46.9 Å². The van der Waals surface area contributed by atoms with E-state index < -0.39 is 28.9 Å². The zero-order valence-corrected chi connectivity index (χ0v) is 34.8. The van der Waals surface area contributed by atoms with E-state index >= 15 is 0 Å². The summed E-state index contributed by atoms with van der Waals surface area (Å²) < 4.78 is 47.5. The Hall–Kier alpha value is -4.95. The number of Topliss-reactive ketones (excluding diaryl/α,β-unsaturated/α-hetero) is 1. The molecule has 1 N–H and O–H groups in total. The van der Waals surface area contributed by atoms with E-state index in [-0.39, 0.29) is 46.8 Å². The van der Waals surface area contributed by atoms with Crippen molar-refractivity contribution in [2.75, 3.05) is 49.1 Å². The van der Waals surface area contributed by atoms with Gasteiger partial charge in [0.05, 0.1) is 23.5 Å².